The van der Waals surface area contributed by atoms with Crippen molar-refractivity contribution in [1.82, 2.24) is 15.2 Å². The standard InChI is InChI=1S/C24H23FN4O3S/c1-3-19-21(23(31)32-2)22(16-5-4-6-17(25)11-16)29-18(14-33-24(29)28-19)12-20(30)27-13-15-7-9-26-10-8-15/h4-11,14,22H,3,12-13H2,1-2H3,(H,27,30). The number of carbonyl (C=O) groups excluding carboxylic acids is 2. The molecule has 2 aromatic rings. The smallest absolute Gasteiger partial charge is 0.338 e. The minimum atomic E-state index is -0.648. The molecule has 7 nitrogen and oxygen atoms in total. The van der Waals surface area contributed by atoms with Gasteiger partial charge in [0.1, 0.15) is 5.82 Å². The van der Waals surface area contributed by atoms with Crippen LogP contribution in [0.2, 0.25) is 0 Å². The number of benzene rings is 1. The van der Waals surface area contributed by atoms with E-state index in [4.69, 9.17) is 4.74 Å². The van der Waals surface area contributed by atoms with E-state index in [-0.39, 0.29) is 12.3 Å². The van der Waals surface area contributed by atoms with Gasteiger partial charge in [0.15, 0.2) is 5.17 Å². The van der Waals surface area contributed by atoms with Gasteiger partial charge in [-0.25, -0.2) is 14.2 Å². The summed E-state index contributed by atoms with van der Waals surface area (Å²) in [6.45, 7) is 2.28. The summed E-state index contributed by atoms with van der Waals surface area (Å²) in [6.07, 6.45) is 3.93. The Morgan fingerprint density at radius 1 is 1.24 bits per heavy atom. The fourth-order valence-corrected chi connectivity index (χ4v) is 4.77. The molecule has 1 unspecified atom stereocenters. The zero-order valence-electron chi connectivity index (χ0n) is 18.2. The fraction of sp³-hybridized carbons (Fsp3) is 0.250. The molecule has 0 fully saturated rings. The molecular weight excluding hydrogens is 443 g/mol. The lowest BCUT2D eigenvalue weighted by Gasteiger charge is -2.36. The first-order valence-corrected chi connectivity index (χ1v) is 11.4. The van der Waals surface area contributed by atoms with E-state index in [1.54, 1.807) is 24.5 Å². The Hall–Kier alpha value is -3.46. The number of aliphatic imine (C=N–C) groups is 1. The second-order valence-electron chi connectivity index (χ2n) is 7.46. The molecule has 2 aliphatic heterocycles. The van der Waals surface area contributed by atoms with E-state index in [2.05, 4.69) is 15.3 Å². The summed E-state index contributed by atoms with van der Waals surface area (Å²) in [6, 6.07) is 9.13. The summed E-state index contributed by atoms with van der Waals surface area (Å²) < 4.78 is 19.2. The van der Waals surface area contributed by atoms with E-state index in [0.717, 1.165) is 5.56 Å². The number of pyridine rings is 1. The highest BCUT2D eigenvalue weighted by atomic mass is 32.2. The molecule has 2 aliphatic rings. The molecule has 0 aliphatic carbocycles. The van der Waals surface area contributed by atoms with E-state index in [1.807, 2.05) is 29.4 Å². The number of hydrogen-bond donors (Lipinski definition) is 1. The summed E-state index contributed by atoms with van der Waals surface area (Å²) in [5.41, 5.74) is 3.14. The third kappa shape index (κ3) is 4.83. The number of aromatic nitrogens is 1. The van der Waals surface area contributed by atoms with Crippen molar-refractivity contribution < 1.29 is 18.7 Å². The number of ether oxygens (including phenoxy) is 1. The van der Waals surface area contributed by atoms with E-state index in [1.165, 1.54) is 31.0 Å². The Labute approximate surface area is 195 Å². The average Bonchev–Trinajstić information content (AvgIpc) is 3.23. The maximum Gasteiger partial charge on any atom is 0.338 e. The van der Waals surface area contributed by atoms with Gasteiger partial charge in [-0.15, -0.1) is 0 Å². The number of allylic oxidation sites excluding steroid dienone is 1. The molecule has 1 amide bonds. The summed E-state index contributed by atoms with van der Waals surface area (Å²) in [7, 11) is 1.31. The number of esters is 1. The number of rotatable bonds is 7. The minimum absolute atomic E-state index is 0.0822. The number of amidine groups is 1. The normalized spacial score (nSPS) is 17.3. The SMILES string of the molecule is CCC1=C(C(=O)OC)C(c2cccc(F)c2)N2C(CC(=O)NCc3ccncc3)=CSC2=N1. The van der Waals surface area contributed by atoms with Crippen molar-refractivity contribution in [1.29, 1.82) is 0 Å². The lowest BCUT2D eigenvalue weighted by molar-refractivity contribution is -0.136. The first-order chi connectivity index (χ1) is 16.0. The van der Waals surface area contributed by atoms with Gasteiger partial charge in [0.25, 0.3) is 0 Å². The van der Waals surface area contributed by atoms with Crippen LogP contribution in [0.1, 0.15) is 36.9 Å². The number of fused-ring (bicyclic) bond motifs is 1. The van der Waals surface area contributed by atoms with E-state index in [0.29, 0.717) is 40.7 Å². The molecule has 0 spiro atoms. The molecule has 0 radical (unpaired) electrons. The summed E-state index contributed by atoms with van der Waals surface area (Å²) in [4.78, 5) is 36.0. The molecule has 1 aromatic carbocycles. The molecule has 33 heavy (non-hydrogen) atoms. The third-order valence-corrected chi connectivity index (χ3v) is 6.26. The van der Waals surface area contributed by atoms with Crippen molar-refractivity contribution in [3.8, 4) is 0 Å². The second-order valence-corrected chi connectivity index (χ2v) is 8.30. The van der Waals surface area contributed by atoms with Crippen LogP contribution in [0, 0.1) is 5.82 Å². The van der Waals surface area contributed by atoms with Crippen molar-refractivity contribution in [3.05, 3.63) is 88.1 Å². The summed E-state index contributed by atoms with van der Waals surface area (Å²) >= 11 is 1.38. The largest absolute Gasteiger partial charge is 0.466 e. The Morgan fingerprint density at radius 3 is 2.73 bits per heavy atom. The molecular formula is C24H23FN4O3S. The Bertz CT molecular complexity index is 1160. The average molecular weight is 467 g/mol. The van der Waals surface area contributed by atoms with Crippen molar-refractivity contribution in [2.24, 2.45) is 4.99 Å². The number of methoxy groups -OCH3 is 1. The number of hydrogen-bond acceptors (Lipinski definition) is 7. The van der Waals surface area contributed by atoms with Gasteiger partial charge in [0.05, 0.1) is 30.8 Å². The van der Waals surface area contributed by atoms with Crippen LogP contribution in [-0.4, -0.2) is 34.0 Å². The topological polar surface area (TPSA) is 83.9 Å². The summed E-state index contributed by atoms with van der Waals surface area (Å²) in [5.74, 6) is -1.11. The van der Waals surface area contributed by atoms with Gasteiger partial charge in [0, 0.05) is 24.6 Å². The molecule has 3 heterocycles. The molecule has 0 saturated heterocycles. The van der Waals surface area contributed by atoms with Gasteiger partial charge in [-0.05, 0) is 47.2 Å². The highest BCUT2D eigenvalue weighted by Crippen LogP contribution is 2.45. The van der Waals surface area contributed by atoms with Gasteiger partial charge in [-0.2, -0.15) is 0 Å². The third-order valence-electron chi connectivity index (χ3n) is 5.37. The van der Waals surface area contributed by atoms with Crippen molar-refractivity contribution in [2.45, 2.75) is 32.4 Å². The lowest BCUT2D eigenvalue weighted by Crippen LogP contribution is -2.38. The predicted molar refractivity (Wildman–Crippen MR) is 124 cm³/mol. The maximum absolute atomic E-state index is 14.2. The molecule has 1 N–H and O–H groups in total. The van der Waals surface area contributed by atoms with Crippen LogP contribution in [0.4, 0.5) is 4.39 Å². The van der Waals surface area contributed by atoms with E-state index >= 15 is 0 Å². The Balaban J connectivity index is 1.64. The number of carbonyl (C=O) groups is 2. The van der Waals surface area contributed by atoms with Gasteiger partial charge >= 0.3 is 5.97 Å². The molecule has 0 saturated carbocycles. The highest BCUT2D eigenvalue weighted by Gasteiger charge is 2.41. The monoisotopic (exact) mass is 466 g/mol. The number of halogens is 1. The maximum atomic E-state index is 14.2. The van der Waals surface area contributed by atoms with Gasteiger partial charge in [0.2, 0.25) is 5.91 Å². The molecule has 1 aromatic heterocycles. The van der Waals surface area contributed by atoms with Crippen LogP contribution in [-0.2, 0) is 20.9 Å². The first-order valence-electron chi connectivity index (χ1n) is 10.5. The molecule has 1 atom stereocenters. The number of nitrogens with zero attached hydrogens (tertiary/aromatic N) is 3. The van der Waals surface area contributed by atoms with Crippen LogP contribution in [0.25, 0.3) is 0 Å². The Kier molecular flexibility index (Phi) is 6.88. The van der Waals surface area contributed by atoms with Gasteiger partial charge in [-0.1, -0.05) is 30.8 Å². The van der Waals surface area contributed by atoms with Crippen LogP contribution in [0.5, 0.6) is 0 Å². The highest BCUT2D eigenvalue weighted by molar-refractivity contribution is 8.16. The van der Waals surface area contributed by atoms with Crippen LogP contribution < -0.4 is 5.32 Å². The van der Waals surface area contributed by atoms with E-state index < -0.39 is 17.8 Å². The first kappa shape index (κ1) is 22.7. The zero-order valence-corrected chi connectivity index (χ0v) is 19.1. The van der Waals surface area contributed by atoms with Crippen molar-refractivity contribution in [3.63, 3.8) is 0 Å². The number of nitrogens with one attached hydrogen (secondary N) is 1. The van der Waals surface area contributed by atoms with Gasteiger partial charge in [-0.3, -0.25) is 9.78 Å². The van der Waals surface area contributed by atoms with Crippen molar-refractivity contribution >= 4 is 28.8 Å². The number of thioether (sulfide) groups is 1. The van der Waals surface area contributed by atoms with Crippen molar-refractivity contribution in [2.75, 3.05) is 7.11 Å². The molecule has 0 bridgehead atoms. The quantitative estimate of drug-likeness (QED) is 0.620. The lowest BCUT2D eigenvalue weighted by atomic mass is 9.93. The second kappa shape index (κ2) is 9.99. The Morgan fingerprint density at radius 2 is 2.03 bits per heavy atom. The van der Waals surface area contributed by atoms with Crippen LogP contribution in [0.15, 0.2) is 76.2 Å². The molecule has 170 valence electrons. The molecule has 9 heteroatoms. The van der Waals surface area contributed by atoms with Crippen LogP contribution in [0.3, 0.4) is 0 Å². The number of amides is 1. The zero-order chi connectivity index (χ0) is 23.4. The predicted octanol–water partition coefficient (Wildman–Crippen LogP) is 4.07. The van der Waals surface area contributed by atoms with Gasteiger partial charge < -0.3 is 15.0 Å². The van der Waals surface area contributed by atoms with E-state index in [9.17, 15) is 14.0 Å². The van der Waals surface area contributed by atoms with Crippen LogP contribution >= 0.6 is 11.8 Å². The molecule has 4 rings (SSSR count). The minimum Gasteiger partial charge on any atom is -0.466 e. The summed E-state index contributed by atoms with van der Waals surface area (Å²) in [5, 5.41) is 5.40. The fourth-order valence-electron chi connectivity index (χ4n) is 3.83.